The lowest BCUT2D eigenvalue weighted by atomic mass is 9.72. The molecule has 0 amide bonds. The Balaban J connectivity index is 2.08. The van der Waals surface area contributed by atoms with Crippen molar-refractivity contribution in [1.29, 1.82) is 0 Å². The molecule has 2 rings (SSSR count). The number of Topliss-reactive ketones (excluding diaryl/α,β-unsaturated/α-hetero) is 2. The van der Waals surface area contributed by atoms with Crippen molar-refractivity contribution < 1.29 is 9.59 Å². The van der Waals surface area contributed by atoms with Gasteiger partial charge in [0.2, 0.25) is 0 Å². The fourth-order valence-electron chi connectivity index (χ4n) is 2.70. The molecule has 3 unspecified atom stereocenters. The normalized spacial score (nSPS) is 38.4. The molecule has 2 aliphatic carbocycles. The van der Waals surface area contributed by atoms with Crippen molar-refractivity contribution >= 4 is 11.6 Å². The summed E-state index contributed by atoms with van der Waals surface area (Å²) in [5.74, 6) is 1.18. The van der Waals surface area contributed by atoms with Gasteiger partial charge in [0, 0.05) is 12.3 Å². The maximum atomic E-state index is 11.9. The molecule has 0 aromatic carbocycles. The Morgan fingerprint density at radius 2 is 1.93 bits per heavy atom. The number of hydrogen-bond acceptors (Lipinski definition) is 2. The van der Waals surface area contributed by atoms with Crippen LogP contribution in [0.3, 0.4) is 0 Å². The summed E-state index contributed by atoms with van der Waals surface area (Å²) in [5.41, 5.74) is 0. The average Bonchev–Trinajstić information content (AvgIpc) is 2.83. The van der Waals surface area contributed by atoms with Gasteiger partial charge in [-0.25, -0.2) is 0 Å². The van der Waals surface area contributed by atoms with Crippen molar-refractivity contribution in [2.75, 3.05) is 0 Å². The molecule has 0 aromatic heterocycles. The van der Waals surface area contributed by atoms with Crippen LogP contribution in [0.15, 0.2) is 0 Å². The first-order chi connectivity index (χ1) is 6.59. The number of ketones is 2. The van der Waals surface area contributed by atoms with Crippen LogP contribution in [-0.4, -0.2) is 11.6 Å². The highest BCUT2D eigenvalue weighted by Gasteiger charge is 2.43. The number of carbonyl (C=O) groups excluding carboxylic acids is 2. The van der Waals surface area contributed by atoms with Crippen molar-refractivity contribution in [3.63, 3.8) is 0 Å². The van der Waals surface area contributed by atoms with E-state index in [1.165, 1.54) is 0 Å². The summed E-state index contributed by atoms with van der Waals surface area (Å²) in [7, 11) is 0. The summed E-state index contributed by atoms with van der Waals surface area (Å²) in [4.78, 5) is 23.6. The molecule has 0 aromatic rings. The second kappa shape index (κ2) is 3.48. The quantitative estimate of drug-likeness (QED) is 0.632. The smallest absolute Gasteiger partial charge is 0.146 e. The van der Waals surface area contributed by atoms with E-state index in [-0.39, 0.29) is 29.3 Å². The van der Waals surface area contributed by atoms with Crippen molar-refractivity contribution in [1.82, 2.24) is 0 Å². The SMILES string of the molecule is CC1CC(=O)C(C(=O)C2CC2)C(C)C1. The Morgan fingerprint density at radius 1 is 1.29 bits per heavy atom. The highest BCUT2D eigenvalue weighted by Crippen LogP contribution is 2.39. The Morgan fingerprint density at radius 3 is 2.43 bits per heavy atom. The molecule has 0 radical (unpaired) electrons. The van der Waals surface area contributed by atoms with Crippen LogP contribution in [0.5, 0.6) is 0 Å². The van der Waals surface area contributed by atoms with E-state index < -0.39 is 0 Å². The standard InChI is InChI=1S/C12H18O2/c1-7-5-8(2)11(10(13)6-7)12(14)9-3-4-9/h7-9,11H,3-6H2,1-2H3. The molecule has 0 spiro atoms. The van der Waals surface area contributed by atoms with Gasteiger partial charge < -0.3 is 0 Å². The second-order valence-corrected chi connectivity index (χ2v) is 5.14. The topological polar surface area (TPSA) is 34.1 Å². The maximum absolute atomic E-state index is 11.9. The van der Waals surface area contributed by atoms with Gasteiger partial charge in [-0.3, -0.25) is 9.59 Å². The van der Waals surface area contributed by atoms with E-state index >= 15 is 0 Å². The summed E-state index contributed by atoms with van der Waals surface area (Å²) in [6.45, 7) is 4.16. The first-order valence-electron chi connectivity index (χ1n) is 5.66. The molecule has 0 N–H and O–H groups in total. The minimum atomic E-state index is -0.251. The van der Waals surface area contributed by atoms with Crippen LogP contribution in [0, 0.1) is 23.7 Å². The van der Waals surface area contributed by atoms with E-state index in [1.54, 1.807) is 0 Å². The monoisotopic (exact) mass is 194 g/mol. The minimum Gasteiger partial charge on any atom is -0.299 e. The van der Waals surface area contributed by atoms with Crippen molar-refractivity contribution in [2.24, 2.45) is 23.7 Å². The fourth-order valence-corrected chi connectivity index (χ4v) is 2.70. The summed E-state index contributed by atoms with van der Waals surface area (Å²) >= 11 is 0. The minimum absolute atomic E-state index is 0.202. The number of hydrogen-bond donors (Lipinski definition) is 0. The molecular formula is C12H18O2. The van der Waals surface area contributed by atoms with Gasteiger partial charge in [-0.2, -0.15) is 0 Å². The van der Waals surface area contributed by atoms with E-state index in [0.29, 0.717) is 12.3 Å². The molecule has 78 valence electrons. The third kappa shape index (κ3) is 1.75. The lowest BCUT2D eigenvalue weighted by Gasteiger charge is -2.30. The maximum Gasteiger partial charge on any atom is 0.146 e. The Bertz CT molecular complexity index is 265. The van der Waals surface area contributed by atoms with Crippen LogP contribution >= 0.6 is 0 Å². The summed E-state index contributed by atoms with van der Waals surface area (Å²) in [6, 6.07) is 0. The third-order valence-electron chi connectivity index (χ3n) is 3.53. The van der Waals surface area contributed by atoms with Crippen molar-refractivity contribution in [3.8, 4) is 0 Å². The van der Waals surface area contributed by atoms with Crippen molar-refractivity contribution in [2.45, 2.75) is 39.5 Å². The Hall–Kier alpha value is -0.660. The lowest BCUT2D eigenvalue weighted by molar-refractivity contribution is -0.138. The third-order valence-corrected chi connectivity index (χ3v) is 3.53. The van der Waals surface area contributed by atoms with Crippen LogP contribution in [0.25, 0.3) is 0 Å². The molecule has 0 bridgehead atoms. The molecule has 2 fully saturated rings. The van der Waals surface area contributed by atoms with Gasteiger partial charge in [-0.1, -0.05) is 13.8 Å². The molecule has 2 heteroatoms. The van der Waals surface area contributed by atoms with E-state index in [2.05, 4.69) is 13.8 Å². The highest BCUT2D eigenvalue weighted by atomic mass is 16.2. The molecule has 2 nitrogen and oxygen atoms in total. The first-order valence-corrected chi connectivity index (χ1v) is 5.66. The molecular weight excluding hydrogens is 176 g/mol. The van der Waals surface area contributed by atoms with Gasteiger partial charge in [0.1, 0.15) is 11.6 Å². The van der Waals surface area contributed by atoms with Gasteiger partial charge in [0.25, 0.3) is 0 Å². The molecule has 14 heavy (non-hydrogen) atoms. The van der Waals surface area contributed by atoms with Gasteiger partial charge in [-0.15, -0.1) is 0 Å². The van der Waals surface area contributed by atoms with E-state index in [9.17, 15) is 9.59 Å². The van der Waals surface area contributed by atoms with Crippen LogP contribution in [0.4, 0.5) is 0 Å². The van der Waals surface area contributed by atoms with E-state index in [0.717, 1.165) is 19.3 Å². The molecule has 0 saturated heterocycles. The number of carbonyl (C=O) groups is 2. The molecule has 2 aliphatic rings. The first kappa shape index (κ1) is 9.88. The van der Waals surface area contributed by atoms with Crippen LogP contribution in [0.2, 0.25) is 0 Å². The van der Waals surface area contributed by atoms with Gasteiger partial charge in [0.05, 0.1) is 5.92 Å². The lowest BCUT2D eigenvalue weighted by Crippen LogP contribution is -2.37. The van der Waals surface area contributed by atoms with E-state index in [4.69, 9.17) is 0 Å². The van der Waals surface area contributed by atoms with E-state index in [1.807, 2.05) is 0 Å². The zero-order chi connectivity index (χ0) is 10.3. The fraction of sp³-hybridized carbons (Fsp3) is 0.833. The predicted octanol–water partition coefficient (Wildman–Crippen LogP) is 2.22. The Labute approximate surface area is 85.1 Å². The Kier molecular flexibility index (Phi) is 2.46. The highest BCUT2D eigenvalue weighted by molar-refractivity contribution is 6.04. The van der Waals surface area contributed by atoms with Gasteiger partial charge in [-0.05, 0) is 31.1 Å². The molecule has 0 aliphatic heterocycles. The van der Waals surface area contributed by atoms with Crippen molar-refractivity contribution in [3.05, 3.63) is 0 Å². The summed E-state index contributed by atoms with van der Waals surface area (Å²) in [5, 5.41) is 0. The zero-order valence-corrected chi connectivity index (χ0v) is 8.95. The van der Waals surface area contributed by atoms with Crippen LogP contribution in [0.1, 0.15) is 39.5 Å². The largest absolute Gasteiger partial charge is 0.299 e. The molecule has 2 saturated carbocycles. The number of rotatable bonds is 2. The molecule has 3 atom stereocenters. The zero-order valence-electron chi connectivity index (χ0n) is 8.95. The summed E-state index contributed by atoms with van der Waals surface area (Å²) in [6.07, 6.45) is 3.69. The van der Waals surface area contributed by atoms with Crippen LogP contribution < -0.4 is 0 Å². The van der Waals surface area contributed by atoms with Gasteiger partial charge >= 0.3 is 0 Å². The second-order valence-electron chi connectivity index (χ2n) is 5.14. The van der Waals surface area contributed by atoms with Gasteiger partial charge in [0.15, 0.2) is 0 Å². The summed E-state index contributed by atoms with van der Waals surface area (Å²) < 4.78 is 0. The average molecular weight is 194 g/mol. The predicted molar refractivity (Wildman–Crippen MR) is 53.8 cm³/mol. The van der Waals surface area contributed by atoms with Crippen LogP contribution in [-0.2, 0) is 9.59 Å². The molecule has 0 heterocycles.